The molecule has 8 heteroatoms. The molecule has 3 aromatic rings. The molecular weight excluding hydrogens is 357 g/mol. The molecule has 1 unspecified atom stereocenters. The summed E-state index contributed by atoms with van der Waals surface area (Å²) < 4.78 is 40.3. The largest absolute Gasteiger partial charge is 0.416 e. The zero-order chi connectivity index (χ0) is 19.4. The van der Waals surface area contributed by atoms with Gasteiger partial charge < -0.3 is 15.0 Å². The molecule has 0 aliphatic heterocycles. The van der Waals surface area contributed by atoms with Crippen LogP contribution in [-0.4, -0.2) is 22.0 Å². The maximum absolute atomic E-state index is 12.8. The van der Waals surface area contributed by atoms with Gasteiger partial charge in [-0.15, -0.1) is 0 Å². The second-order valence-corrected chi connectivity index (χ2v) is 6.19. The predicted molar refractivity (Wildman–Crippen MR) is 95.3 cm³/mol. The smallest absolute Gasteiger partial charge is 0.338 e. The van der Waals surface area contributed by atoms with Crippen LogP contribution in [0.25, 0.3) is 5.65 Å². The molecule has 0 aliphatic rings. The van der Waals surface area contributed by atoms with Gasteiger partial charge in [0.05, 0.1) is 17.3 Å². The number of alkyl halides is 3. The number of amides is 2. The van der Waals surface area contributed by atoms with Crippen molar-refractivity contribution >= 4 is 11.7 Å². The first-order valence-corrected chi connectivity index (χ1v) is 8.47. The van der Waals surface area contributed by atoms with E-state index in [2.05, 4.69) is 15.6 Å². The SMILES string of the molecule is CC(NC(=O)NCCc1cn2ccccc2n1)c1cccc(C(F)(F)F)c1. The zero-order valence-electron chi connectivity index (χ0n) is 14.6. The van der Waals surface area contributed by atoms with E-state index in [1.165, 1.54) is 6.07 Å². The number of halogens is 3. The Morgan fingerprint density at radius 3 is 2.78 bits per heavy atom. The van der Waals surface area contributed by atoms with Gasteiger partial charge in [-0.3, -0.25) is 0 Å². The molecule has 0 fully saturated rings. The normalized spacial score (nSPS) is 12.7. The average Bonchev–Trinajstić information content (AvgIpc) is 3.03. The molecule has 0 aliphatic carbocycles. The number of benzene rings is 1. The van der Waals surface area contributed by atoms with Crippen LogP contribution >= 0.6 is 0 Å². The van der Waals surface area contributed by atoms with E-state index in [0.29, 0.717) is 18.5 Å². The maximum Gasteiger partial charge on any atom is 0.416 e. The predicted octanol–water partition coefficient (Wildman–Crippen LogP) is 3.96. The summed E-state index contributed by atoms with van der Waals surface area (Å²) in [6, 6.07) is 9.62. The summed E-state index contributed by atoms with van der Waals surface area (Å²) >= 11 is 0. The molecule has 142 valence electrons. The summed E-state index contributed by atoms with van der Waals surface area (Å²) in [6.45, 7) is 2.00. The number of rotatable bonds is 5. The summed E-state index contributed by atoms with van der Waals surface area (Å²) in [5, 5.41) is 5.34. The number of aromatic nitrogens is 2. The molecule has 2 heterocycles. The van der Waals surface area contributed by atoms with Crippen molar-refractivity contribution in [3.63, 3.8) is 0 Å². The number of hydrogen-bond acceptors (Lipinski definition) is 2. The van der Waals surface area contributed by atoms with Crippen molar-refractivity contribution in [1.82, 2.24) is 20.0 Å². The summed E-state index contributed by atoms with van der Waals surface area (Å²) in [4.78, 5) is 16.4. The van der Waals surface area contributed by atoms with Gasteiger partial charge in [0.1, 0.15) is 5.65 Å². The molecule has 3 rings (SSSR count). The number of nitrogens with zero attached hydrogens (tertiary/aromatic N) is 2. The van der Waals surface area contributed by atoms with E-state index in [4.69, 9.17) is 0 Å². The molecule has 0 saturated carbocycles. The fourth-order valence-electron chi connectivity index (χ4n) is 2.73. The second-order valence-electron chi connectivity index (χ2n) is 6.19. The van der Waals surface area contributed by atoms with Crippen molar-refractivity contribution < 1.29 is 18.0 Å². The monoisotopic (exact) mass is 376 g/mol. The standard InChI is InChI=1S/C19H19F3N4O/c1-13(14-5-4-6-15(11-14)19(20,21)22)24-18(27)23-9-8-16-12-26-10-3-2-7-17(26)25-16/h2-7,10-13H,8-9H2,1H3,(H2,23,24,27). The van der Waals surface area contributed by atoms with Gasteiger partial charge in [-0.1, -0.05) is 18.2 Å². The minimum absolute atomic E-state index is 0.366. The number of pyridine rings is 1. The first-order chi connectivity index (χ1) is 12.8. The van der Waals surface area contributed by atoms with Crippen molar-refractivity contribution in [3.05, 3.63) is 71.7 Å². The average molecular weight is 376 g/mol. The lowest BCUT2D eigenvalue weighted by Crippen LogP contribution is -2.38. The molecule has 2 aromatic heterocycles. The number of carbonyl (C=O) groups is 1. The number of fused-ring (bicyclic) bond motifs is 1. The highest BCUT2D eigenvalue weighted by atomic mass is 19.4. The molecule has 2 amide bonds. The Morgan fingerprint density at radius 1 is 1.22 bits per heavy atom. The van der Waals surface area contributed by atoms with Gasteiger partial charge in [-0.05, 0) is 36.8 Å². The van der Waals surface area contributed by atoms with Gasteiger partial charge in [-0.25, -0.2) is 9.78 Å². The molecular formula is C19H19F3N4O. The van der Waals surface area contributed by atoms with Gasteiger partial charge in [-0.2, -0.15) is 13.2 Å². The lowest BCUT2D eigenvalue weighted by molar-refractivity contribution is -0.137. The first-order valence-electron chi connectivity index (χ1n) is 8.47. The first kappa shape index (κ1) is 18.8. The topological polar surface area (TPSA) is 58.4 Å². The Balaban J connectivity index is 1.51. The number of hydrogen-bond donors (Lipinski definition) is 2. The van der Waals surface area contributed by atoms with Crippen molar-refractivity contribution in [1.29, 1.82) is 0 Å². The number of imidazole rings is 1. The van der Waals surface area contributed by atoms with Crippen LogP contribution < -0.4 is 10.6 Å². The van der Waals surface area contributed by atoms with E-state index in [9.17, 15) is 18.0 Å². The van der Waals surface area contributed by atoms with Crippen LogP contribution in [0.1, 0.15) is 29.8 Å². The van der Waals surface area contributed by atoms with Crippen LogP contribution in [0.5, 0.6) is 0 Å². The fourth-order valence-corrected chi connectivity index (χ4v) is 2.73. The Bertz CT molecular complexity index is 903. The molecule has 0 saturated heterocycles. The molecule has 5 nitrogen and oxygen atoms in total. The van der Waals surface area contributed by atoms with Gasteiger partial charge in [0.2, 0.25) is 0 Å². The maximum atomic E-state index is 12.8. The lowest BCUT2D eigenvalue weighted by atomic mass is 10.1. The lowest BCUT2D eigenvalue weighted by Gasteiger charge is -2.16. The second kappa shape index (κ2) is 7.69. The molecule has 1 atom stereocenters. The van der Waals surface area contributed by atoms with Crippen LogP contribution in [0, 0.1) is 0 Å². The third-order valence-electron chi connectivity index (χ3n) is 4.14. The van der Waals surface area contributed by atoms with Crippen molar-refractivity contribution in [2.45, 2.75) is 25.6 Å². The highest BCUT2D eigenvalue weighted by Gasteiger charge is 2.30. The summed E-state index contributed by atoms with van der Waals surface area (Å²) in [5.74, 6) is 0. The van der Waals surface area contributed by atoms with Crippen molar-refractivity contribution in [3.8, 4) is 0 Å². The Labute approximate surface area is 154 Å². The number of nitrogens with one attached hydrogen (secondary N) is 2. The number of urea groups is 1. The van der Waals surface area contributed by atoms with Crippen LogP contribution in [0.4, 0.5) is 18.0 Å². The van der Waals surface area contributed by atoms with Gasteiger partial charge in [0.15, 0.2) is 0 Å². The summed E-state index contributed by atoms with van der Waals surface area (Å²) in [6.07, 6.45) is -0.0813. The van der Waals surface area contributed by atoms with Crippen molar-refractivity contribution in [2.24, 2.45) is 0 Å². The molecule has 1 aromatic carbocycles. The third-order valence-corrected chi connectivity index (χ3v) is 4.14. The van der Waals surface area contributed by atoms with E-state index < -0.39 is 23.8 Å². The third kappa shape index (κ3) is 4.78. The molecule has 2 N–H and O–H groups in total. The number of carbonyl (C=O) groups excluding carboxylic acids is 1. The van der Waals surface area contributed by atoms with Crippen molar-refractivity contribution in [2.75, 3.05) is 6.54 Å². The summed E-state index contributed by atoms with van der Waals surface area (Å²) in [7, 11) is 0. The van der Waals surface area contributed by atoms with E-state index in [0.717, 1.165) is 23.5 Å². The van der Waals surface area contributed by atoms with E-state index in [1.807, 2.05) is 35.0 Å². The zero-order valence-corrected chi connectivity index (χ0v) is 14.6. The van der Waals surface area contributed by atoms with Crippen LogP contribution in [-0.2, 0) is 12.6 Å². The van der Waals surface area contributed by atoms with Gasteiger partial charge in [0.25, 0.3) is 0 Å². The fraction of sp³-hybridized carbons (Fsp3) is 0.263. The Morgan fingerprint density at radius 2 is 2.04 bits per heavy atom. The molecule has 0 bridgehead atoms. The highest BCUT2D eigenvalue weighted by Crippen LogP contribution is 2.30. The van der Waals surface area contributed by atoms with Gasteiger partial charge in [0, 0.05) is 25.4 Å². The summed E-state index contributed by atoms with van der Waals surface area (Å²) in [5.41, 5.74) is 1.32. The molecule has 0 spiro atoms. The Hall–Kier alpha value is -3.03. The van der Waals surface area contributed by atoms with E-state index >= 15 is 0 Å². The van der Waals surface area contributed by atoms with E-state index in [1.54, 1.807) is 13.0 Å². The van der Waals surface area contributed by atoms with Crippen LogP contribution in [0.3, 0.4) is 0 Å². The minimum Gasteiger partial charge on any atom is -0.338 e. The quantitative estimate of drug-likeness (QED) is 0.708. The minimum atomic E-state index is -4.41. The van der Waals surface area contributed by atoms with E-state index in [-0.39, 0.29) is 0 Å². The van der Waals surface area contributed by atoms with Gasteiger partial charge >= 0.3 is 12.2 Å². The Kier molecular flexibility index (Phi) is 5.34. The molecule has 27 heavy (non-hydrogen) atoms. The van der Waals surface area contributed by atoms with Crippen LogP contribution in [0.2, 0.25) is 0 Å². The van der Waals surface area contributed by atoms with Crippen LogP contribution in [0.15, 0.2) is 54.9 Å². The molecule has 0 radical (unpaired) electrons. The highest BCUT2D eigenvalue weighted by molar-refractivity contribution is 5.74.